The molecule has 0 aromatic heterocycles. The van der Waals surface area contributed by atoms with E-state index in [0.717, 1.165) is 24.1 Å². The van der Waals surface area contributed by atoms with Gasteiger partial charge in [0.15, 0.2) is 5.78 Å². The van der Waals surface area contributed by atoms with Crippen LogP contribution in [0.15, 0.2) is 24.3 Å². The van der Waals surface area contributed by atoms with Gasteiger partial charge in [-0.2, -0.15) is 5.26 Å². The first kappa shape index (κ1) is 12.8. The van der Waals surface area contributed by atoms with Crippen LogP contribution in [0.3, 0.4) is 0 Å². The highest BCUT2D eigenvalue weighted by atomic mass is 16.1. The fourth-order valence-corrected chi connectivity index (χ4v) is 2.59. The number of benzene rings is 1. The summed E-state index contributed by atoms with van der Waals surface area (Å²) in [6.45, 7) is 0.857. The van der Waals surface area contributed by atoms with Gasteiger partial charge in [0, 0.05) is 12.0 Å². The smallest absolute Gasteiger partial charge is 0.163 e. The molecule has 0 amide bonds. The van der Waals surface area contributed by atoms with Gasteiger partial charge in [-0.15, -0.1) is 0 Å². The van der Waals surface area contributed by atoms with Crippen molar-refractivity contribution >= 4 is 5.78 Å². The maximum absolute atomic E-state index is 11.9. The molecule has 0 bridgehead atoms. The summed E-state index contributed by atoms with van der Waals surface area (Å²) in [7, 11) is 4.01. The molecule has 3 nitrogen and oxygen atoms in total. The third-order valence-corrected chi connectivity index (χ3v) is 3.72. The molecule has 0 fully saturated rings. The second-order valence-electron chi connectivity index (χ2n) is 5.22. The van der Waals surface area contributed by atoms with Crippen molar-refractivity contribution in [2.75, 3.05) is 20.6 Å². The molecule has 18 heavy (non-hydrogen) atoms. The minimum atomic E-state index is -0.491. The molecular formula is C15H18N2O. The molecule has 1 aromatic carbocycles. The predicted molar refractivity (Wildman–Crippen MR) is 70.5 cm³/mol. The van der Waals surface area contributed by atoms with E-state index in [1.54, 1.807) is 0 Å². The Morgan fingerprint density at radius 3 is 2.78 bits per heavy atom. The minimum absolute atomic E-state index is 0.168. The Labute approximate surface area is 108 Å². The van der Waals surface area contributed by atoms with E-state index in [1.165, 1.54) is 0 Å². The van der Waals surface area contributed by atoms with Crippen LogP contribution in [0.1, 0.15) is 35.2 Å². The first-order chi connectivity index (χ1) is 8.59. The van der Waals surface area contributed by atoms with Crippen molar-refractivity contribution in [3.8, 4) is 6.07 Å². The molecule has 0 heterocycles. The van der Waals surface area contributed by atoms with Crippen LogP contribution in [0.5, 0.6) is 0 Å². The van der Waals surface area contributed by atoms with E-state index in [0.29, 0.717) is 12.8 Å². The van der Waals surface area contributed by atoms with Gasteiger partial charge in [-0.1, -0.05) is 24.3 Å². The highest BCUT2D eigenvalue weighted by molar-refractivity contribution is 5.99. The van der Waals surface area contributed by atoms with Gasteiger partial charge in [0.05, 0.1) is 11.5 Å². The topological polar surface area (TPSA) is 44.1 Å². The Morgan fingerprint density at radius 2 is 2.11 bits per heavy atom. The molecule has 0 radical (unpaired) electrons. The van der Waals surface area contributed by atoms with E-state index in [4.69, 9.17) is 0 Å². The van der Waals surface area contributed by atoms with Crippen molar-refractivity contribution in [1.82, 2.24) is 4.90 Å². The van der Waals surface area contributed by atoms with E-state index < -0.39 is 5.41 Å². The summed E-state index contributed by atoms with van der Waals surface area (Å²) in [4.78, 5) is 14.0. The maximum atomic E-state index is 11.9. The lowest BCUT2D eigenvalue weighted by Gasteiger charge is -2.33. The van der Waals surface area contributed by atoms with Crippen LogP contribution in [-0.2, 0) is 5.41 Å². The number of fused-ring (bicyclic) bond motifs is 1. The fourth-order valence-electron chi connectivity index (χ4n) is 2.59. The van der Waals surface area contributed by atoms with Crippen molar-refractivity contribution in [2.45, 2.75) is 24.7 Å². The van der Waals surface area contributed by atoms with E-state index in [-0.39, 0.29) is 5.78 Å². The molecule has 0 spiro atoms. The molecule has 1 aliphatic rings. The first-order valence-corrected chi connectivity index (χ1v) is 6.28. The normalized spacial score (nSPS) is 22.7. The molecule has 0 N–H and O–H groups in total. The maximum Gasteiger partial charge on any atom is 0.163 e. The lowest BCUT2D eigenvalue weighted by atomic mass is 9.68. The molecule has 0 unspecified atom stereocenters. The Balaban J connectivity index is 2.41. The number of hydrogen-bond acceptors (Lipinski definition) is 3. The molecule has 94 valence electrons. The quantitative estimate of drug-likeness (QED) is 0.817. The average molecular weight is 242 g/mol. The summed E-state index contributed by atoms with van der Waals surface area (Å²) >= 11 is 0. The summed E-state index contributed by atoms with van der Waals surface area (Å²) in [6.07, 6.45) is 1.91. The first-order valence-electron chi connectivity index (χ1n) is 6.28. The monoisotopic (exact) mass is 242 g/mol. The summed E-state index contributed by atoms with van der Waals surface area (Å²) < 4.78 is 0. The number of Topliss-reactive ketones (excluding diaryl/α,β-unsaturated/α-hetero) is 1. The Bertz CT molecular complexity index is 501. The van der Waals surface area contributed by atoms with Gasteiger partial charge in [-0.25, -0.2) is 0 Å². The van der Waals surface area contributed by atoms with Crippen LogP contribution in [0.25, 0.3) is 0 Å². The second kappa shape index (κ2) is 4.91. The molecule has 2 rings (SSSR count). The zero-order valence-electron chi connectivity index (χ0n) is 10.9. The third-order valence-electron chi connectivity index (χ3n) is 3.72. The number of carbonyl (C=O) groups is 1. The predicted octanol–water partition coefficient (Wildman–Crippen LogP) is 2.38. The minimum Gasteiger partial charge on any atom is -0.309 e. The Hall–Kier alpha value is -1.66. The molecule has 1 aromatic rings. The fraction of sp³-hybridized carbons (Fsp3) is 0.467. The van der Waals surface area contributed by atoms with E-state index in [9.17, 15) is 10.1 Å². The van der Waals surface area contributed by atoms with Crippen LogP contribution in [-0.4, -0.2) is 31.3 Å². The standard InChI is InChI=1S/C15H18N2O/c1-17(2)10-9-15(11-16)8-7-14(18)12-5-3-4-6-13(12)15/h3-6H,7-10H2,1-2H3/t15-/m0/s1. The second-order valence-corrected chi connectivity index (χ2v) is 5.22. The number of carbonyl (C=O) groups excluding carboxylic acids is 1. The Morgan fingerprint density at radius 1 is 1.39 bits per heavy atom. The molecule has 3 heteroatoms. The number of ketones is 1. The number of nitrogens with zero attached hydrogens (tertiary/aromatic N) is 2. The van der Waals surface area contributed by atoms with Crippen LogP contribution in [0.4, 0.5) is 0 Å². The highest BCUT2D eigenvalue weighted by Crippen LogP contribution is 2.39. The summed E-state index contributed by atoms with van der Waals surface area (Å²) in [6, 6.07) is 10.0. The van der Waals surface area contributed by atoms with Crippen LogP contribution >= 0.6 is 0 Å². The van der Waals surface area contributed by atoms with E-state index in [2.05, 4.69) is 11.0 Å². The summed E-state index contributed by atoms with van der Waals surface area (Å²) in [5.74, 6) is 0.168. The van der Waals surface area contributed by atoms with E-state index in [1.807, 2.05) is 38.4 Å². The van der Waals surface area contributed by atoms with Gasteiger partial charge in [0.1, 0.15) is 0 Å². The largest absolute Gasteiger partial charge is 0.309 e. The van der Waals surface area contributed by atoms with Crippen LogP contribution < -0.4 is 0 Å². The number of hydrogen-bond donors (Lipinski definition) is 0. The summed E-state index contributed by atoms with van der Waals surface area (Å²) in [5, 5.41) is 9.61. The zero-order chi connectivity index (χ0) is 13.2. The van der Waals surface area contributed by atoms with Gasteiger partial charge in [0.25, 0.3) is 0 Å². The van der Waals surface area contributed by atoms with Crippen molar-refractivity contribution in [2.24, 2.45) is 0 Å². The molecule has 0 saturated heterocycles. The molecule has 0 saturated carbocycles. The van der Waals surface area contributed by atoms with Crippen LogP contribution in [0, 0.1) is 11.3 Å². The SMILES string of the molecule is CN(C)CC[C@]1(C#N)CCC(=O)c2ccccc21. The lowest BCUT2D eigenvalue weighted by Crippen LogP contribution is -2.34. The van der Waals surface area contributed by atoms with Crippen molar-refractivity contribution in [3.05, 3.63) is 35.4 Å². The van der Waals surface area contributed by atoms with Crippen LogP contribution in [0.2, 0.25) is 0 Å². The van der Waals surface area contributed by atoms with Gasteiger partial charge in [-0.3, -0.25) is 4.79 Å². The summed E-state index contributed by atoms with van der Waals surface area (Å²) in [5.41, 5.74) is 1.17. The number of nitriles is 1. The molecule has 0 aliphatic heterocycles. The highest BCUT2D eigenvalue weighted by Gasteiger charge is 2.39. The third kappa shape index (κ3) is 2.16. The van der Waals surface area contributed by atoms with Crippen molar-refractivity contribution in [3.63, 3.8) is 0 Å². The van der Waals surface area contributed by atoms with Gasteiger partial charge in [0.2, 0.25) is 0 Å². The lowest BCUT2D eigenvalue weighted by molar-refractivity contribution is 0.0957. The molecular weight excluding hydrogens is 224 g/mol. The number of rotatable bonds is 3. The van der Waals surface area contributed by atoms with Gasteiger partial charge >= 0.3 is 0 Å². The van der Waals surface area contributed by atoms with E-state index >= 15 is 0 Å². The average Bonchev–Trinajstić information content (AvgIpc) is 2.39. The molecule has 1 aliphatic carbocycles. The van der Waals surface area contributed by atoms with Gasteiger partial charge < -0.3 is 4.90 Å². The van der Waals surface area contributed by atoms with Crippen molar-refractivity contribution < 1.29 is 4.79 Å². The zero-order valence-corrected chi connectivity index (χ0v) is 10.9. The molecule has 1 atom stereocenters. The van der Waals surface area contributed by atoms with Crippen molar-refractivity contribution in [1.29, 1.82) is 5.26 Å². The Kier molecular flexibility index (Phi) is 3.49. The van der Waals surface area contributed by atoms with Gasteiger partial charge in [-0.05, 0) is 39.0 Å².